The van der Waals surface area contributed by atoms with Crippen LogP contribution in [-0.4, -0.2) is 64.6 Å². The Morgan fingerprint density at radius 2 is 1.73 bits per heavy atom. The zero-order valence-corrected chi connectivity index (χ0v) is 19.7. The fraction of sp³-hybridized carbons (Fsp3) is 0.720. The smallest absolute Gasteiger partial charge is 0.319 e. The van der Waals surface area contributed by atoms with Crippen molar-refractivity contribution in [2.45, 2.75) is 82.8 Å². The van der Waals surface area contributed by atoms with Crippen LogP contribution in [0.3, 0.4) is 0 Å². The topological polar surface area (TPSA) is 86.7 Å². The van der Waals surface area contributed by atoms with Crippen LogP contribution in [0.25, 0.3) is 0 Å². The Kier molecular flexibility index (Phi) is 6.45. The number of nitrogens with one attached hydrogen (secondary N) is 2. The van der Waals surface area contributed by atoms with Gasteiger partial charge in [-0.3, -0.25) is 14.5 Å². The molecule has 0 spiro atoms. The number of rotatable bonds is 3. The standard InChI is InChI=1S/C25H37N5O3/c1-17(31)28-11-9-21(10-12-28)29-14-18-13-19(16-29)24-22(7-8-23(32)30(24)15-18)27-25(33)26-20-5-3-2-4-6-20/h7-8,18-21H,2-6,9-16H2,1H3,(H2,26,27,33)/t18-,19-/m1/s1. The summed E-state index contributed by atoms with van der Waals surface area (Å²) in [7, 11) is 0. The number of anilines is 1. The predicted molar refractivity (Wildman–Crippen MR) is 127 cm³/mol. The third-order valence-electron chi connectivity index (χ3n) is 8.23. The first-order valence-electron chi connectivity index (χ1n) is 12.8. The number of piperidine rings is 2. The molecule has 180 valence electrons. The SMILES string of the molecule is CC(=O)N1CCC(N2C[C@H]3C[C@H](C2)c2c(NC(=O)NC4CCCCC4)ccc(=O)n2C3)CC1. The van der Waals surface area contributed by atoms with Crippen molar-refractivity contribution < 1.29 is 9.59 Å². The summed E-state index contributed by atoms with van der Waals surface area (Å²) >= 11 is 0. The van der Waals surface area contributed by atoms with Gasteiger partial charge in [0.1, 0.15) is 0 Å². The van der Waals surface area contributed by atoms with Gasteiger partial charge in [0.05, 0.1) is 5.69 Å². The molecular weight excluding hydrogens is 418 g/mol. The lowest BCUT2D eigenvalue weighted by atomic mass is 9.81. The van der Waals surface area contributed by atoms with Crippen LogP contribution in [0.15, 0.2) is 16.9 Å². The number of urea groups is 1. The van der Waals surface area contributed by atoms with E-state index in [1.807, 2.05) is 9.47 Å². The van der Waals surface area contributed by atoms with E-state index in [2.05, 4.69) is 15.5 Å². The summed E-state index contributed by atoms with van der Waals surface area (Å²) < 4.78 is 1.91. The van der Waals surface area contributed by atoms with Crippen molar-refractivity contribution in [1.82, 2.24) is 19.7 Å². The highest BCUT2D eigenvalue weighted by Gasteiger charge is 2.39. The van der Waals surface area contributed by atoms with Gasteiger partial charge in [0, 0.05) is 69.4 Å². The summed E-state index contributed by atoms with van der Waals surface area (Å²) in [6.07, 6.45) is 8.76. The Hall–Kier alpha value is -2.35. The van der Waals surface area contributed by atoms with Gasteiger partial charge < -0.3 is 20.1 Å². The van der Waals surface area contributed by atoms with Crippen LogP contribution in [-0.2, 0) is 11.3 Å². The molecule has 4 aliphatic rings. The average molecular weight is 456 g/mol. The molecule has 3 aliphatic heterocycles. The zero-order chi connectivity index (χ0) is 22.9. The molecule has 4 heterocycles. The number of fused-ring (bicyclic) bond motifs is 4. The Labute approximate surface area is 195 Å². The average Bonchev–Trinajstić information content (AvgIpc) is 2.81. The van der Waals surface area contributed by atoms with E-state index in [9.17, 15) is 14.4 Å². The first-order chi connectivity index (χ1) is 16.0. The number of hydrogen-bond acceptors (Lipinski definition) is 4. The molecule has 33 heavy (non-hydrogen) atoms. The fourth-order valence-electron chi connectivity index (χ4n) is 6.59. The normalized spacial score (nSPS) is 26.5. The minimum absolute atomic E-state index is 0.0288. The Morgan fingerprint density at radius 1 is 0.970 bits per heavy atom. The van der Waals surface area contributed by atoms with Gasteiger partial charge in [0.25, 0.3) is 5.56 Å². The van der Waals surface area contributed by atoms with Gasteiger partial charge >= 0.3 is 6.03 Å². The number of nitrogens with zero attached hydrogens (tertiary/aromatic N) is 3. The van der Waals surface area contributed by atoms with E-state index in [1.54, 1.807) is 19.1 Å². The van der Waals surface area contributed by atoms with Crippen LogP contribution in [0.2, 0.25) is 0 Å². The van der Waals surface area contributed by atoms with E-state index in [-0.39, 0.29) is 29.5 Å². The van der Waals surface area contributed by atoms with E-state index in [0.717, 1.165) is 69.7 Å². The number of carbonyl (C=O) groups excluding carboxylic acids is 2. The highest BCUT2D eigenvalue weighted by Crippen LogP contribution is 2.40. The van der Waals surface area contributed by atoms with Crippen molar-refractivity contribution in [1.29, 1.82) is 0 Å². The molecule has 0 aromatic carbocycles. The summed E-state index contributed by atoms with van der Waals surface area (Å²) in [5.74, 6) is 0.854. The lowest BCUT2D eigenvalue weighted by Crippen LogP contribution is -2.53. The van der Waals surface area contributed by atoms with Crippen molar-refractivity contribution in [3.63, 3.8) is 0 Å². The van der Waals surface area contributed by atoms with Crippen LogP contribution in [0.1, 0.15) is 69.9 Å². The maximum Gasteiger partial charge on any atom is 0.319 e. The summed E-state index contributed by atoms with van der Waals surface area (Å²) in [6, 6.07) is 3.96. The van der Waals surface area contributed by atoms with Crippen molar-refractivity contribution in [3.05, 3.63) is 28.2 Å². The molecule has 2 atom stereocenters. The van der Waals surface area contributed by atoms with Crippen LogP contribution >= 0.6 is 0 Å². The van der Waals surface area contributed by atoms with E-state index in [0.29, 0.717) is 18.5 Å². The number of hydrogen-bond donors (Lipinski definition) is 2. The molecule has 1 saturated carbocycles. The Bertz CT molecular complexity index is 946. The molecule has 5 rings (SSSR count). The first-order valence-corrected chi connectivity index (χ1v) is 12.8. The summed E-state index contributed by atoms with van der Waals surface area (Å²) in [6.45, 7) is 5.94. The molecule has 8 nitrogen and oxygen atoms in total. The molecule has 1 aromatic rings. The van der Waals surface area contributed by atoms with E-state index in [4.69, 9.17) is 0 Å². The second-order valence-electron chi connectivity index (χ2n) is 10.5. The molecule has 3 fully saturated rings. The van der Waals surface area contributed by atoms with Gasteiger partial charge in [-0.25, -0.2) is 4.79 Å². The van der Waals surface area contributed by atoms with Gasteiger partial charge in [0.15, 0.2) is 0 Å². The number of likely N-dealkylation sites (tertiary alicyclic amines) is 2. The minimum Gasteiger partial charge on any atom is -0.343 e. The van der Waals surface area contributed by atoms with Crippen LogP contribution in [0.4, 0.5) is 10.5 Å². The fourth-order valence-corrected chi connectivity index (χ4v) is 6.59. The number of aromatic nitrogens is 1. The summed E-state index contributed by atoms with van der Waals surface area (Å²) in [5.41, 5.74) is 1.80. The first kappa shape index (κ1) is 22.4. The third kappa shape index (κ3) is 4.81. The molecule has 3 amide bonds. The van der Waals surface area contributed by atoms with Gasteiger partial charge in [-0.05, 0) is 44.1 Å². The van der Waals surface area contributed by atoms with Crippen LogP contribution in [0.5, 0.6) is 0 Å². The Morgan fingerprint density at radius 3 is 2.45 bits per heavy atom. The van der Waals surface area contributed by atoms with Crippen molar-refractivity contribution >= 4 is 17.6 Å². The highest BCUT2D eigenvalue weighted by atomic mass is 16.2. The van der Waals surface area contributed by atoms with E-state index in [1.165, 1.54) is 19.3 Å². The molecule has 2 N–H and O–H groups in total. The lowest BCUT2D eigenvalue weighted by Gasteiger charge is -2.47. The van der Waals surface area contributed by atoms with Gasteiger partial charge in [-0.2, -0.15) is 0 Å². The maximum absolute atomic E-state index is 12.8. The molecule has 0 unspecified atom stereocenters. The molecule has 1 aromatic heterocycles. The summed E-state index contributed by atoms with van der Waals surface area (Å²) in [4.78, 5) is 41.7. The van der Waals surface area contributed by atoms with E-state index >= 15 is 0 Å². The molecular formula is C25H37N5O3. The third-order valence-corrected chi connectivity index (χ3v) is 8.23. The lowest BCUT2D eigenvalue weighted by molar-refractivity contribution is -0.130. The maximum atomic E-state index is 12.8. The van der Waals surface area contributed by atoms with Gasteiger partial charge in [0.2, 0.25) is 5.91 Å². The predicted octanol–water partition coefficient (Wildman–Crippen LogP) is 2.73. The zero-order valence-electron chi connectivity index (χ0n) is 19.7. The van der Waals surface area contributed by atoms with Crippen molar-refractivity contribution in [3.8, 4) is 0 Å². The monoisotopic (exact) mass is 455 g/mol. The van der Waals surface area contributed by atoms with Crippen LogP contribution in [0, 0.1) is 5.92 Å². The molecule has 0 radical (unpaired) electrons. The van der Waals surface area contributed by atoms with E-state index < -0.39 is 0 Å². The number of amides is 3. The summed E-state index contributed by atoms with van der Waals surface area (Å²) in [5, 5.41) is 6.23. The van der Waals surface area contributed by atoms with Gasteiger partial charge in [-0.1, -0.05) is 19.3 Å². The molecule has 2 bridgehead atoms. The largest absolute Gasteiger partial charge is 0.343 e. The van der Waals surface area contributed by atoms with Crippen molar-refractivity contribution in [2.24, 2.45) is 5.92 Å². The van der Waals surface area contributed by atoms with Crippen LogP contribution < -0.4 is 16.2 Å². The molecule has 8 heteroatoms. The van der Waals surface area contributed by atoms with Crippen molar-refractivity contribution in [2.75, 3.05) is 31.5 Å². The second kappa shape index (κ2) is 9.49. The second-order valence-corrected chi connectivity index (χ2v) is 10.5. The Balaban J connectivity index is 1.30. The number of carbonyl (C=O) groups is 2. The highest BCUT2D eigenvalue weighted by molar-refractivity contribution is 5.90. The minimum atomic E-state index is -0.158. The van der Waals surface area contributed by atoms with Gasteiger partial charge in [-0.15, -0.1) is 0 Å². The quantitative estimate of drug-likeness (QED) is 0.734. The molecule has 1 aliphatic carbocycles. The number of pyridine rings is 1. The molecule has 2 saturated heterocycles.